The van der Waals surface area contributed by atoms with Crippen LogP contribution in [0.25, 0.3) is 0 Å². The molecule has 0 saturated heterocycles. The lowest BCUT2D eigenvalue weighted by atomic mass is 10.2. The van der Waals surface area contributed by atoms with Gasteiger partial charge in [0.15, 0.2) is 13.2 Å². The number of halogens is 1. The van der Waals surface area contributed by atoms with E-state index in [9.17, 15) is 9.59 Å². The molecular formula is C19H19ClN2O4. The Hall–Kier alpha value is -2.73. The lowest BCUT2D eigenvalue weighted by molar-refractivity contribution is -0.121. The van der Waals surface area contributed by atoms with E-state index in [1.165, 1.54) is 0 Å². The summed E-state index contributed by atoms with van der Waals surface area (Å²) in [6.07, 6.45) is 0.830. The van der Waals surface area contributed by atoms with Gasteiger partial charge < -0.3 is 19.7 Å². The number of carbonyl (C=O) groups excluding carboxylic acids is 2. The molecule has 2 aromatic carbocycles. The number of anilines is 2. The minimum Gasteiger partial charge on any atom is -0.484 e. The Morgan fingerprint density at radius 2 is 2.04 bits per heavy atom. The van der Waals surface area contributed by atoms with Gasteiger partial charge in [0.05, 0.1) is 5.69 Å². The van der Waals surface area contributed by atoms with Crippen molar-refractivity contribution in [1.82, 2.24) is 0 Å². The zero-order chi connectivity index (χ0) is 18.5. The number of rotatable bonds is 6. The highest BCUT2D eigenvalue weighted by molar-refractivity contribution is 6.30. The standard InChI is InChI=1S/C19H19ClN2O4/c1-2-9-22-16-10-14(5-8-17(16)26-12-19(22)24)21-18(23)11-25-15-6-3-13(20)4-7-15/h3-8,10H,2,9,11-12H2,1H3,(H,21,23). The monoisotopic (exact) mass is 374 g/mol. The molecule has 0 atom stereocenters. The zero-order valence-electron chi connectivity index (χ0n) is 14.3. The molecule has 2 aromatic rings. The molecule has 0 bridgehead atoms. The number of hydrogen-bond acceptors (Lipinski definition) is 4. The van der Waals surface area contributed by atoms with Gasteiger partial charge in [-0.3, -0.25) is 9.59 Å². The van der Waals surface area contributed by atoms with E-state index in [1.54, 1.807) is 47.4 Å². The molecule has 0 aromatic heterocycles. The van der Waals surface area contributed by atoms with Crippen molar-refractivity contribution in [1.29, 1.82) is 0 Å². The smallest absolute Gasteiger partial charge is 0.265 e. The lowest BCUT2D eigenvalue weighted by Gasteiger charge is -2.29. The molecule has 0 spiro atoms. The zero-order valence-corrected chi connectivity index (χ0v) is 15.1. The summed E-state index contributed by atoms with van der Waals surface area (Å²) in [6, 6.07) is 12.0. The SMILES string of the molecule is CCCN1C(=O)COc2ccc(NC(=O)COc3ccc(Cl)cc3)cc21. The molecule has 26 heavy (non-hydrogen) atoms. The Morgan fingerprint density at radius 1 is 1.27 bits per heavy atom. The van der Waals surface area contributed by atoms with Gasteiger partial charge in [0.2, 0.25) is 0 Å². The molecule has 136 valence electrons. The third kappa shape index (κ3) is 4.26. The van der Waals surface area contributed by atoms with Crippen LogP contribution >= 0.6 is 11.6 Å². The summed E-state index contributed by atoms with van der Waals surface area (Å²) < 4.78 is 10.9. The Labute approximate surface area is 156 Å². The van der Waals surface area contributed by atoms with Gasteiger partial charge >= 0.3 is 0 Å². The van der Waals surface area contributed by atoms with E-state index in [0.717, 1.165) is 6.42 Å². The van der Waals surface area contributed by atoms with Crippen molar-refractivity contribution in [3.05, 3.63) is 47.5 Å². The summed E-state index contributed by atoms with van der Waals surface area (Å²) in [4.78, 5) is 25.8. The maximum atomic E-state index is 12.1. The van der Waals surface area contributed by atoms with E-state index in [-0.39, 0.29) is 25.0 Å². The average molecular weight is 375 g/mol. The van der Waals surface area contributed by atoms with Gasteiger partial charge in [0, 0.05) is 17.3 Å². The van der Waals surface area contributed by atoms with E-state index in [1.807, 2.05) is 6.92 Å². The molecular weight excluding hydrogens is 356 g/mol. The molecule has 0 aliphatic carbocycles. The predicted octanol–water partition coefficient (Wildman–Crippen LogP) is 3.49. The Kier molecular flexibility index (Phi) is 5.63. The summed E-state index contributed by atoms with van der Waals surface area (Å²) in [7, 11) is 0. The molecule has 7 heteroatoms. The second-order valence-corrected chi connectivity index (χ2v) is 6.24. The van der Waals surface area contributed by atoms with E-state index in [4.69, 9.17) is 21.1 Å². The van der Waals surface area contributed by atoms with Crippen molar-refractivity contribution in [2.75, 3.05) is 30.0 Å². The van der Waals surface area contributed by atoms with Crippen LogP contribution in [-0.2, 0) is 9.59 Å². The molecule has 1 heterocycles. The summed E-state index contributed by atoms with van der Waals surface area (Å²) in [5, 5.41) is 3.37. The molecule has 0 fully saturated rings. The van der Waals surface area contributed by atoms with Crippen molar-refractivity contribution in [3.8, 4) is 11.5 Å². The minimum absolute atomic E-state index is 0.0354. The number of nitrogens with zero attached hydrogens (tertiary/aromatic N) is 1. The van der Waals surface area contributed by atoms with Gasteiger partial charge in [-0.25, -0.2) is 0 Å². The molecule has 0 unspecified atom stereocenters. The number of ether oxygens (including phenoxy) is 2. The first kappa shape index (κ1) is 18.1. The summed E-state index contributed by atoms with van der Waals surface area (Å²) in [5.41, 5.74) is 1.24. The second-order valence-electron chi connectivity index (χ2n) is 5.81. The number of hydrogen-bond donors (Lipinski definition) is 1. The maximum absolute atomic E-state index is 12.1. The highest BCUT2D eigenvalue weighted by Crippen LogP contribution is 2.34. The van der Waals surface area contributed by atoms with Crippen molar-refractivity contribution < 1.29 is 19.1 Å². The van der Waals surface area contributed by atoms with Crippen LogP contribution < -0.4 is 19.7 Å². The van der Waals surface area contributed by atoms with E-state index in [2.05, 4.69) is 5.32 Å². The molecule has 1 aliphatic heterocycles. The van der Waals surface area contributed by atoms with Gasteiger partial charge in [-0.1, -0.05) is 18.5 Å². The van der Waals surface area contributed by atoms with E-state index in [0.29, 0.717) is 34.4 Å². The van der Waals surface area contributed by atoms with Crippen LogP contribution in [0.1, 0.15) is 13.3 Å². The van der Waals surface area contributed by atoms with Gasteiger partial charge in [0.1, 0.15) is 11.5 Å². The first-order valence-electron chi connectivity index (χ1n) is 8.32. The number of carbonyl (C=O) groups is 2. The first-order valence-corrected chi connectivity index (χ1v) is 8.70. The minimum atomic E-state index is -0.301. The number of benzene rings is 2. The van der Waals surface area contributed by atoms with Crippen molar-refractivity contribution in [3.63, 3.8) is 0 Å². The van der Waals surface area contributed by atoms with Crippen LogP contribution in [0.2, 0.25) is 5.02 Å². The highest BCUT2D eigenvalue weighted by atomic mass is 35.5. The molecule has 3 rings (SSSR count). The summed E-state index contributed by atoms with van der Waals surface area (Å²) in [6.45, 7) is 2.51. The van der Waals surface area contributed by atoms with E-state index >= 15 is 0 Å². The molecule has 1 aliphatic rings. The van der Waals surface area contributed by atoms with Crippen molar-refractivity contribution >= 4 is 34.8 Å². The molecule has 0 saturated carbocycles. The van der Waals surface area contributed by atoms with Gasteiger partial charge in [-0.05, 0) is 48.9 Å². The van der Waals surface area contributed by atoms with Gasteiger partial charge in [-0.2, -0.15) is 0 Å². The number of amides is 2. The predicted molar refractivity (Wildman–Crippen MR) is 100 cm³/mol. The quantitative estimate of drug-likeness (QED) is 0.840. The van der Waals surface area contributed by atoms with Gasteiger partial charge in [-0.15, -0.1) is 0 Å². The number of fused-ring (bicyclic) bond motifs is 1. The van der Waals surface area contributed by atoms with Crippen molar-refractivity contribution in [2.24, 2.45) is 0 Å². The largest absolute Gasteiger partial charge is 0.484 e. The second kappa shape index (κ2) is 8.10. The van der Waals surface area contributed by atoms with Crippen molar-refractivity contribution in [2.45, 2.75) is 13.3 Å². The summed E-state index contributed by atoms with van der Waals surface area (Å²) >= 11 is 5.81. The lowest BCUT2D eigenvalue weighted by Crippen LogP contribution is -2.39. The van der Waals surface area contributed by atoms with Crippen LogP contribution in [0.5, 0.6) is 11.5 Å². The Bertz CT molecular complexity index is 808. The van der Waals surface area contributed by atoms with Crippen LogP contribution in [0.15, 0.2) is 42.5 Å². The normalized spacial score (nSPS) is 13.0. The van der Waals surface area contributed by atoms with Crippen LogP contribution in [0, 0.1) is 0 Å². The fraction of sp³-hybridized carbons (Fsp3) is 0.263. The van der Waals surface area contributed by atoms with E-state index < -0.39 is 0 Å². The van der Waals surface area contributed by atoms with Crippen LogP contribution in [-0.4, -0.2) is 31.6 Å². The van der Waals surface area contributed by atoms with Crippen LogP contribution in [0.3, 0.4) is 0 Å². The molecule has 1 N–H and O–H groups in total. The van der Waals surface area contributed by atoms with Gasteiger partial charge in [0.25, 0.3) is 11.8 Å². The molecule has 2 amide bonds. The Balaban J connectivity index is 1.65. The molecule has 6 nitrogen and oxygen atoms in total. The third-order valence-corrected chi connectivity index (χ3v) is 4.07. The highest BCUT2D eigenvalue weighted by Gasteiger charge is 2.25. The number of nitrogens with one attached hydrogen (secondary N) is 1. The summed E-state index contributed by atoms with van der Waals surface area (Å²) in [5.74, 6) is 0.801. The molecule has 0 radical (unpaired) electrons. The Morgan fingerprint density at radius 3 is 2.77 bits per heavy atom. The fourth-order valence-electron chi connectivity index (χ4n) is 2.63. The fourth-order valence-corrected chi connectivity index (χ4v) is 2.75. The maximum Gasteiger partial charge on any atom is 0.265 e. The third-order valence-electron chi connectivity index (χ3n) is 3.82. The average Bonchev–Trinajstić information content (AvgIpc) is 2.64. The topological polar surface area (TPSA) is 67.9 Å². The van der Waals surface area contributed by atoms with Crippen LogP contribution in [0.4, 0.5) is 11.4 Å². The first-order chi connectivity index (χ1) is 12.6.